The molecule has 0 fully saturated rings. The molecule has 3 aromatic rings. The molecule has 0 aliphatic carbocycles. The summed E-state index contributed by atoms with van der Waals surface area (Å²) in [6, 6.07) is 12.4. The van der Waals surface area contributed by atoms with Gasteiger partial charge in [-0.25, -0.2) is 4.98 Å². The van der Waals surface area contributed by atoms with Crippen LogP contribution in [0.15, 0.2) is 41.8 Å². The summed E-state index contributed by atoms with van der Waals surface area (Å²) in [4.78, 5) is 12.7. The van der Waals surface area contributed by atoms with E-state index >= 15 is 0 Å². The molecule has 0 aliphatic rings. The van der Waals surface area contributed by atoms with Crippen LogP contribution in [-0.4, -0.2) is 23.6 Å². The summed E-state index contributed by atoms with van der Waals surface area (Å²) in [5, 5.41) is 6.39. The van der Waals surface area contributed by atoms with Crippen LogP contribution in [0.25, 0.3) is 10.9 Å². The van der Waals surface area contributed by atoms with Crippen molar-refractivity contribution in [3.8, 4) is 0 Å². The Bertz CT molecular complexity index is 724. The Morgan fingerprint density at radius 2 is 2.00 bits per heavy atom. The molecule has 21 heavy (non-hydrogen) atoms. The number of benzene rings is 1. The van der Waals surface area contributed by atoms with Crippen LogP contribution in [0.3, 0.4) is 0 Å². The molecule has 0 atom stereocenters. The highest BCUT2D eigenvalue weighted by atomic mass is 32.1. The van der Waals surface area contributed by atoms with Crippen molar-refractivity contribution < 1.29 is 0 Å². The standard InChI is InChI=1S/C16H18N4S/c1-3-17-16-18-14-9-5-4-8-13(14)15(19-16)20(2)11-12-7-6-10-21-12/h4-10H,3,11H2,1-2H3,(H,17,18,19). The number of fused-ring (bicyclic) bond motifs is 1. The Balaban J connectivity index is 2.02. The number of thiophene rings is 1. The van der Waals surface area contributed by atoms with Crippen molar-refractivity contribution in [2.75, 3.05) is 23.8 Å². The van der Waals surface area contributed by atoms with Gasteiger partial charge in [-0.2, -0.15) is 4.98 Å². The van der Waals surface area contributed by atoms with E-state index in [4.69, 9.17) is 0 Å². The Morgan fingerprint density at radius 3 is 2.76 bits per heavy atom. The van der Waals surface area contributed by atoms with E-state index in [-0.39, 0.29) is 0 Å². The molecular weight excluding hydrogens is 280 g/mol. The van der Waals surface area contributed by atoms with Crippen LogP contribution in [0.5, 0.6) is 0 Å². The Morgan fingerprint density at radius 1 is 1.14 bits per heavy atom. The normalized spacial score (nSPS) is 10.8. The maximum absolute atomic E-state index is 4.68. The number of nitrogens with one attached hydrogen (secondary N) is 1. The third kappa shape index (κ3) is 2.97. The third-order valence-electron chi connectivity index (χ3n) is 3.25. The van der Waals surface area contributed by atoms with Crippen molar-refractivity contribution in [2.24, 2.45) is 0 Å². The van der Waals surface area contributed by atoms with E-state index in [1.54, 1.807) is 11.3 Å². The smallest absolute Gasteiger partial charge is 0.225 e. The van der Waals surface area contributed by atoms with Crippen molar-refractivity contribution in [3.63, 3.8) is 0 Å². The largest absolute Gasteiger partial charge is 0.354 e. The average Bonchev–Trinajstić information content (AvgIpc) is 2.99. The molecule has 1 aromatic carbocycles. The Labute approximate surface area is 128 Å². The van der Waals surface area contributed by atoms with Crippen molar-refractivity contribution in [1.29, 1.82) is 0 Å². The van der Waals surface area contributed by atoms with Crippen molar-refractivity contribution in [2.45, 2.75) is 13.5 Å². The molecule has 5 heteroatoms. The number of aromatic nitrogens is 2. The highest BCUT2D eigenvalue weighted by molar-refractivity contribution is 7.09. The molecular formula is C16H18N4S. The first-order chi connectivity index (χ1) is 10.3. The van der Waals surface area contributed by atoms with Gasteiger partial charge in [-0.05, 0) is 30.5 Å². The lowest BCUT2D eigenvalue weighted by atomic mass is 10.2. The molecule has 0 aliphatic heterocycles. The maximum Gasteiger partial charge on any atom is 0.225 e. The molecule has 2 aromatic heterocycles. The third-order valence-corrected chi connectivity index (χ3v) is 4.11. The molecule has 0 unspecified atom stereocenters. The summed E-state index contributed by atoms with van der Waals surface area (Å²) < 4.78 is 0. The Hall–Kier alpha value is -2.14. The molecule has 0 bridgehead atoms. The second kappa shape index (κ2) is 6.10. The van der Waals surface area contributed by atoms with Gasteiger partial charge >= 0.3 is 0 Å². The second-order valence-corrected chi connectivity index (χ2v) is 5.89. The summed E-state index contributed by atoms with van der Waals surface area (Å²) in [5.74, 6) is 1.65. The summed E-state index contributed by atoms with van der Waals surface area (Å²) >= 11 is 1.77. The second-order valence-electron chi connectivity index (χ2n) is 4.85. The number of hydrogen-bond donors (Lipinski definition) is 1. The number of rotatable bonds is 5. The summed E-state index contributed by atoms with van der Waals surface area (Å²) in [5.41, 5.74) is 0.969. The number of anilines is 2. The number of hydrogen-bond acceptors (Lipinski definition) is 5. The van der Waals surface area contributed by atoms with Gasteiger partial charge in [0.2, 0.25) is 5.95 Å². The topological polar surface area (TPSA) is 41.1 Å². The van der Waals surface area contributed by atoms with Crippen LogP contribution in [0, 0.1) is 0 Å². The van der Waals surface area contributed by atoms with Gasteiger partial charge in [0, 0.05) is 23.9 Å². The van der Waals surface area contributed by atoms with E-state index in [1.807, 2.05) is 25.1 Å². The van der Waals surface area contributed by atoms with Crippen LogP contribution >= 0.6 is 11.3 Å². The first kappa shape index (κ1) is 13.8. The highest BCUT2D eigenvalue weighted by Gasteiger charge is 2.12. The van der Waals surface area contributed by atoms with E-state index in [2.05, 4.69) is 50.8 Å². The molecule has 2 heterocycles. The van der Waals surface area contributed by atoms with Gasteiger partial charge in [0.15, 0.2) is 0 Å². The average molecular weight is 298 g/mol. The minimum Gasteiger partial charge on any atom is -0.354 e. The quantitative estimate of drug-likeness (QED) is 0.778. The molecule has 3 rings (SSSR count). The predicted molar refractivity (Wildman–Crippen MR) is 90.1 cm³/mol. The lowest BCUT2D eigenvalue weighted by Gasteiger charge is -2.20. The molecule has 0 saturated carbocycles. The van der Waals surface area contributed by atoms with Gasteiger partial charge in [-0.1, -0.05) is 18.2 Å². The predicted octanol–water partition coefficient (Wildman–Crippen LogP) is 3.76. The van der Waals surface area contributed by atoms with Crippen molar-refractivity contribution in [1.82, 2.24) is 9.97 Å². The molecule has 0 spiro atoms. The van der Waals surface area contributed by atoms with Crippen LogP contribution in [0.4, 0.5) is 11.8 Å². The summed E-state index contributed by atoms with van der Waals surface area (Å²) in [6.07, 6.45) is 0. The van der Waals surface area contributed by atoms with E-state index in [0.29, 0.717) is 5.95 Å². The SMILES string of the molecule is CCNc1nc(N(C)Cc2cccs2)c2ccccc2n1. The van der Waals surface area contributed by atoms with Crippen molar-refractivity contribution in [3.05, 3.63) is 46.7 Å². The molecule has 4 nitrogen and oxygen atoms in total. The fraction of sp³-hybridized carbons (Fsp3) is 0.250. The number of nitrogens with zero attached hydrogens (tertiary/aromatic N) is 3. The van der Waals surface area contributed by atoms with Crippen LogP contribution in [0.1, 0.15) is 11.8 Å². The first-order valence-electron chi connectivity index (χ1n) is 7.02. The zero-order valence-corrected chi connectivity index (χ0v) is 13.0. The van der Waals surface area contributed by atoms with E-state index in [1.165, 1.54) is 4.88 Å². The van der Waals surface area contributed by atoms with Gasteiger partial charge in [0.25, 0.3) is 0 Å². The van der Waals surface area contributed by atoms with Crippen LogP contribution in [0.2, 0.25) is 0 Å². The molecule has 0 saturated heterocycles. The fourth-order valence-corrected chi connectivity index (χ4v) is 3.06. The van der Waals surface area contributed by atoms with Gasteiger partial charge in [0.1, 0.15) is 5.82 Å². The monoisotopic (exact) mass is 298 g/mol. The zero-order valence-electron chi connectivity index (χ0n) is 12.2. The van der Waals surface area contributed by atoms with Crippen LogP contribution < -0.4 is 10.2 Å². The Kier molecular flexibility index (Phi) is 4.01. The van der Waals surface area contributed by atoms with Gasteiger partial charge in [-0.15, -0.1) is 11.3 Å². The zero-order chi connectivity index (χ0) is 14.7. The highest BCUT2D eigenvalue weighted by Crippen LogP contribution is 2.26. The first-order valence-corrected chi connectivity index (χ1v) is 7.90. The van der Waals surface area contributed by atoms with Crippen molar-refractivity contribution >= 4 is 34.0 Å². The number of para-hydroxylation sites is 1. The minimum atomic E-state index is 0.684. The lowest BCUT2D eigenvalue weighted by Crippen LogP contribution is -2.18. The fourth-order valence-electron chi connectivity index (χ4n) is 2.30. The van der Waals surface area contributed by atoms with E-state index in [0.717, 1.165) is 29.8 Å². The molecule has 108 valence electrons. The summed E-state index contributed by atoms with van der Waals surface area (Å²) in [7, 11) is 2.07. The molecule has 0 amide bonds. The van der Waals surface area contributed by atoms with Gasteiger partial charge in [-0.3, -0.25) is 0 Å². The van der Waals surface area contributed by atoms with Gasteiger partial charge in [0.05, 0.1) is 12.1 Å². The molecule has 1 N–H and O–H groups in total. The maximum atomic E-state index is 4.68. The van der Waals surface area contributed by atoms with Gasteiger partial charge < -0.3 is 10.2 Å². The lowest BCUT2D eigenvalue weighted by molar-refractivity contribution is 0.913. The molecule has 0 radical (unpaired) electrons. The summed E-state index contributed by atoms with van der Waals surface area (Å²) in [6.45, 7) is 3.71. The minimum absolute atomic E-state index is 0.684. The van der Waals surface area contributed by atoms with E-state index in [9.17, 15) is 0 Å². The van der Waals surface area contributed by atoms with Crippen LogP contribution in [-0.2, 0) is 6.54 Å². The van der Waals surface area contributed by atoms with E-state index < -0.39 is 0 Å².